The van der Waals surface area contributed by atoms with E-state index in [2.05, 4.69) is 0 Å². The molecule has 0 aliphatic carbocycles. The number of hydrogen-bond donors (Lipinski definition) is 1. The van der Waals surface area contributed by atoms with Crippen molar-refractivity contribution in [2.24, 2.45) is 0 Å². The first-order valence-corrected chi connectivity index (χ1v) is 7.90. The zero-order valence-corrected chi connectivity index (χ0v) is 12.9. The van der Waals surface area contributed by atoms with Crippen LogP contribution in [0.2, 0.25) is 0 Å². The standard InChI is InChI=1S/C13H16FNO6S/c1-8-11(4-3-9(20-2)12(8)14)22(18,19)15-5-6-21-10(7-15)13(16)17/h3-4,10H,5-7H2,1-2H3,(H,16,17). The monoisotopic (exact) mass is 333 g/mol. The van der Waals surface area contributed by atoms with Crippen molar-refractivity contribution in [1.29, 1.82) is 0 Å². The topological polar surface area (TPSA) is 93.1 Å². The number of carbonyl (C=O) groups is 1. The van der Waals surface area contributed by atoms with E-state index in [9.17, 15) is 17.6 Å². The highest BCUT2D eigenvalue weighted by Gasteiger charge is 2.35. The van der Waals surface area contributed by atoms with Gasteiger partial charge in [-0.1, -0.05) is 0 Å². The Kier molecular flexibility index (Phi) is 4.69. The summed E-state index contributed by atoms with van der Waals surface area (Å²) < 4.78 is 50.0. The van der Waals surface area contributed by atoms with Crippen molar-refractivity contribution >= 4 is 16.0 Å². The summed E-state index contributed by atoms with van der Waals surface area (Å²) in [5, 5.41) is 8.94. The zero-order valence-electron chi connectivity index (χ0n) is 12.1. The summed E-state index contributed by atoms with van der Waals surface area (Å²) in [7, 11) is -2.73. The van der Waals surface area contributed by atoms with Gasteiger partial charge >= 0.3 is 5.97 Å². The minimum Gasteiger partial charge on any atom is -0.494 e. The Morgan fingerprint density at radius 1 is 1.50 bits per heavy atom. The maximum absolute atomic E-state index is 14.0. The average Bonchev–Trinajstić information content (AvgIpc) is 2.49. The van der Waals surface area contributed by atoms with Gasteiger partial charge in [-0.2, -0.15) is 4.31 Å². The van der Waals surface area contributed by atoms with Gasteiger partial charge in [-0.05, 0) is 19.1 Å². The van der Waals surface area contributed by atoms with Crippen LogP contribution in [0.1, 0.15) is 5.56 Å². The molecule has 0 amide bonds. The Labute approximate surface area is 127 Å². The number of halogens is 1. The average molecular weight is 333 g/mol. The van der Waals surface area contributed by atoms with E-state index in [1.54, 1.807) is 0 Å². The molecule has 1 fully saturated rings. The Balaban J connectivity index is 2.38. The summed E-state index contributed by atoms with van der Waals surface area (Å²) in [4.78, 5) is 10.7. The van der Waals surface area contributed by atoms with E-state index < -0.39 is 27.9 Å². The third-order valence-electron chi connectivity index (χ3n) is 3.44. The van der Waals surface area contributed by atoms with E-state index in [0.29, 0.717) is 0 Å². The quantitative estimate of drug-likeness (QED) is 0.868. The van der Waals surface area contributed by atoms with Crippen LogP contribution in [0.5, 0.6) is 5.75 Å². The van der Waals surface area contributed by atoms with Crippen LogP contribution in [-0.2, 0) is 19.6 Å². The summed E-state index contributed by atoms with van der Waals surface area (Å²) in [5.41, 5.74) is -0.0716. The molecule has 1 N–H and O–H groups in total. The van der Waals surface area contributed by atoms with Crippen molar-refractivity contribution in [3.05, 3.63) is 23.5 Å². The van der Waals surface area contributed by atoms with E-state index in [-0.39, 0.29) is 35.9 Å². The summed E-state index contributed by atoms with van der Waals surface area (Å²) in [6.07, 6.45) is -1.23. The number of methoxy groups -OCH3 is 1. The number of ether oxygens (including phenoxy) is 2. The Bertz CT molecular complexity index is 690. The normalized spacial score (nSPS) is 19.9. The molecular formula is C13H16FNO6S. The van der Waals surface area contributed by atoms with Gasteiger partial charge in [0.2, 0.25) is 10.0 Å². The summed E-state index contributed by atoms with van der Waals surface area (Å²) in [6.45, 7) is 0.998. The molecule has 1 aromatic rings. The molecule has 9 heteroatoms. The molecular weight excluding hydrogens is 317 g/mol. The van der Waals surface area contributed by atoms with Gasteiger partial charge in [-0.25, -0.2) is 17.6 Å². The molecule has 22 heavy (non-hydrogen) atoms. The first-order valence-electron chi connectivity index (χ1n) is 6.46. The van der Waals surface area contributed by atoms with Crippen LogP contribution in [0.15, 0.2) is 17.0 Å². The zero-order chi connectivity index (χ0) is 16.5. The van der Waals surface area contributed by atoms with Crippen LogP contribution < -0.4 is 4.74 Å². The molecule has 1 saturated heterocycles. The first kappa shape index (κ1) is 16.7. The third-order valence-corrected chi connectivity index (χ3v) is 5.45. The summed E-state index contributed by atoms with van der Waals surface area (Å²) in [5.74, 6) is -2.05. The van der Waals surface area contributed by atoms with Gasteiger partial charge in [0.15, 0.2) is 17.7 Å². The molecule has 122 valence electrons. The van der Waals surface area contributed by atoms with Gasteiger partial charge in [0.25, 0.3) is 0 Å². The highest BCUT2D eigenvalue weighted by molar-refractivity contribution is 7.89. The molecule has 1 unspecified atom stereocenters. The lowest BCUT2D eigenvalue weighted by Crippen LogP contribution is -2.48. The van der Waals surface area contributed by atoms with Crippen molar-refractivity contribution in [2.75, 3.05) is 26.8 Å². The summed E-state index contributed by atoms with van der Waals surface area (Å²) >= 11 is 0. The van der Waals surface area contributed by atoms with E-state index in [0.717, 1.165) is 4.31 Å². The third kappa shape index (κ3) is 2.92. The Morgan fingerprint density at radius 2 is 2.18 bits per heavy atom. The molecule has 0 saturated carbocycles. The first-order chi connectivity index (χ1) is 10.3. The number of benzene rings is 1. The second kappa shape index (κ2) is 6.19. The van der Waals surface area contributed by atoms with Crippen LogP contribution in [-0.4, -0.2) is 56.7 Å². The fourth-order valence-corrected chi connectivity index (χ4v) is 3.85. The van der Waals surface area contributed by atoms with Crippen molar-refractivity contribution in [3.63, 3.8) is 0 Å². The van der Waals surface area contributed by atoms with Crippen LogP contribution in [0, 0.1) is 12.7 Å². The van der Waals surface area contributed by atoms with E-state index in [1.807, 2.05) is 0 Å². The van der Waals surface area contributed by atoms with Gasteiger partial charge in [-0.15, -0.1) is 0 Å². The molecule has 0 aromatic heterocycles. The molecule has 7 nitrogen and oxygen atoms in total. The van der Waals surface area contributed by atoms with Crippen LogP contribution in [0.4, 0.5) is 4.39 Å². The number of rotatable bonds is 4. The largest absolute Gasteiger partial charge is 0.494 e. The molecule has 0 spiro atoms. The van der Waals surface area contributed by atoms with E-state index >= 15 is 0 Å². The van der Waals surface area contributed by atoms with Crippen LogP contribution >= 0.6 is 0 Å². The van der Waals surface area contributed by atoms with Crippen LogP contribution in [0.3, 0.4) is 0 Å². The number of aliphatic carboxylic acids is 1. The molecule has 1 aliphatic heterocycles. The van der Waals surface area contributed by atoms with Crippen molar-refractivity contribution < 1.29 is 32.2 Å². The predicted molar refractivity (Wildman–Crippen MR) is 73.8 cm³/mol. The Morgan fingerprint density at radius 3 is 2.77 bits per heavy atom. The van der Waals surface area contributed by atoms with Gasteiger partial charge in [0, 0.05) is 12.1 Å². The molecule has 0 bridgehead atoms. The van der Waals surface area contributed by atoms with Crippen LogP contribution in [0.25, 0.3) is 0 Å². The van der Waals surface area contributed by atoms with Crippen molar-refractivity contribution in [3.8, 4) is 5.75 Å². The fourth-order valence-electron chi connectivity index (χ4n) is 2.21. The second-order valence-corrected chi connectivity index (χ2v) is 6.67. The molecule has 1 atom stereocenters. The Hall–Kier alpha value is -1.71. The highest BCUT2D eigenvalue weighted by Crippen LogP contribution is 2.28. The lowest BCUT2D eigenvalue weighted by Gasteiger charge is -2.30. The lowest BCUT2D eigenvalue weighted by atomic mass is 10.2. The second-order valence-electron chi connectivity index (χ2n) is 4.77. The maximum Gasteiger partial charge on any atom is 0.334 e. The van der Waals surface area contributed by atoms with Gasteiger partial charge in [0.05, 0.1) is 25.2 Å². The number of sulfonamides is 1. The number of carboxylic acid groups (broad SMARTS) is 1. The predicted octanol–water partition coefficient (Wildman–Crippen LogP) is 0.617. The molecule has 1 aliphatic rings. The number of carboxylic acids is 1. The molecule has 2 rings (SSSR count). The maximum atomic E-state index is 14.0. The molecule has 0 radical (unpaired) electrons. The van der Waals surface area contributed by atoms with Gasteiger partial charge in [-0.3, -0.25) is 0 Å². The van der Waals surface area contributed by atoms with Gasteiger partial charge in [0.1, 0.15) is 0 Å². The minimum absolute atomic E-state index is 0.0131. The smallest absolute Gasteiger partial charge is 0.334 e. The lowest BCUT2D eigenvalue weighted by molar-refractivity contribution is -0.153. The number of hydrogen-bond acceptors (Lipinski definition) is 5. The van der Waals surface area contributed by atoms with E-state index in [4.69, 9.17) is 14.6 Å². The number of nitrogens with zero attached hydrogens (tertiary/aromatic N) is 1. The SMILES string of the molecule is COc1ccc(S(=O)(=O)N2CCOC(C(=O)O)C2)c(C)c1F. The summed E-state index contributed by atoms with van der Waals surface area (Å²) in [6, 6.07) is 2.47. The van der Waals surface area contributed by atoms with Gasteiger partial charge < -0.3 is 14.6 Å². The van der Waals surface area contributed by atoms with E-state index in [1.165, 1.54) is 26.2 Å². The number of morpholine rings is 1. The minimum atomic E-state index is -4.01. The molecule has 1 aromatic carbocycles. The van der Waals surface area contributed by atoms with Crippen molar-refractivity contribution in [2.45, 2.75) is 17.9 Å². The fraction of sp³-hybridized carbons (Fsp3) is 0.462. The molecule has 1 heterocycles. The highest BCUT2D eigenvalue weighted by atomic mass is 32.2. The van der Waals surface area contributed by atoms with Crippen molar-refractivity contribution in [1.82, 2.24) is 4.31 Å².